The molecule has 128 valence electrons. The molecule has 0 unspecified atom stereocenters. The van der Waals surface area contributed by atoms with Gasteiger partial charge in [0.15, 0.2) is 5.60 Å². The second kappa shape index (κ2) is 6.15. The first-order valence-corrected chi connectivity index (χ1v) is 9.90. The summed E-state index contributed by atoms with van der Waals surface area (Å²) in [4.78, 5) is 17.5. The first-order chi connectivity index (χ1) is 11.9. The topological polar surface area (TPSA) is 38.7 Å². The zero-order chi connectivity index (χ0) is 17.7. The van der Waals surface area contributed by atoms with Gasteiger partial charge < -0.3 is 4.74 Å². The summed E-state index contributed by atoms with van der Waals surface area (Å²) in [5.41, 5.74) is 0.206. The minimum absolute atomic E-state index is 0.112. The van der Waals surface area contributed by atoms with Crippen LogP contribution < -0.4 is 0 Å². The first-order valence-electron chi connectivity index (χ1n) is 7.92. The highest BCUT2D eigenvalue weighted by Gasteiger charge is 2.62. The Morgan fingerprint density at radius 3 is 2.56 bits per heavy atom. The molecule has 3 heterocycles. The number of hydrogen-bond acceptors (Lipinski definition) is 4. The van der Waals surface area contributed by atoms with Gasteiger partial charge in [0.25, 0.3) is 0 Å². The molecule has 0 N–H and O–H groups in total. The first kappa shape index (κ1) is 17.1. The Balaban J connectivity index is 1.85. The van der Waals surface area contributed by atoms with Crippen molar-refractivity contribution in [1.29, 1.82) is 0 Å². The molecular weight excluding hydrogens is 422 g/mol. The van der Waals surface area contributed by atoms with Crippen molar-refractivity contribution in [1.82, 2.24) is 0 Å². The minimum Gasteiger partial charge on any atom is -0.449 e. The van der Waals surface area contributed by atoms with Gasteiger partial charge in [-0.1, -0.05) is 69.6 Å². The van der Waals surface area contributed by atoms with Gasteiger partial charge in [-0.15, -0.1) is 0 Å². The van der Waals surface area contributed by atoms with Crippen molar-refractivity contribution >= 4 is 50.4 Å². The van der Waals surface area contributed by atoms with Gasteiger partial charge >= 0.3 is 5.97 Å². The van der Waals surface area contributed by atoms with Crippen molar-refractivity contribution in [2.75, 3.05) is 0 Å². The third kappa shape index (κ3) is 2.82. The Labute approximate surface area is 163 Å². The van der Waals surface area contributed by atoms with E-state index in [-0.39, 0.29) is 11.9 Å². The molecule has 0 radical (unpaired) electrons. The van der Waals surface area contributed by atoms with Crippen LogP contribution in [0.15, 0.2) is 69.0 Å². The quantitative estimate of drug-likeness (QED) is 0.607. The predicted octanol–water partition coefficient (Wildman–Crippen LogP) is 5.38. The molecule has 6 heteroatoms. The number of fused-ring (bicyclic) bond motifs is 2. The van der Waals surface area contributed by atoms with E-state index >= 15 is 0 Å². The molecule has 0 spiro atoms. The van der Waals surface area contributed by atoms with Crippen molar-refractivity contribution in [3.05, 3.63) is 64.6 Å². The third-order valence-electron chi connectivity index (χ3n) is 4.67. The summed E-state index contributed by atoms with van der Waals surface area (Å²) in [5, 5.41) is 0.365. The molecule has 1 saturated heterocycles. The number of hydrogen-bond donors (Lipinski definition) is 0. The molecular formula is C19H15BrClNO2S. The van der Waals surface area contributed by atoms with Crippen LogP contribution in [0.5, 0.6) is 0 Å². The van der Waals surface area contributed by atoms with Crippen LogP contribution in [0.25, 0.3) is 0 Å². The van der Waals surface area contributed by atoms with Crippen molar-refractivity contribution in [2.45, 2.75) is 34.6 Å². The molecule has 0 amide bonds. The lowest BCUT2D eigenvalue weighted by atomic mass is 9.77. The highest BCUT2D eigenvalue weighted by Crippen LogP contribution is 2.57. The summed E-state index contributed by atoms with van der Waals surface area (Å²) < 4.78 is 6.70. The van der Waals surface area contributed by atoms with E-state index in [0.29, 0.717) is 11.6 Å². The molecule has 0 aliphatic carbocycles. The monoisotopic (exact) mass is 435 g/mol. The van der Waals surface area contributed by atoms with Gasteiger partial charge in [0.05, 0.1) is 0 Å². The number of halogens is 2. The van der Waals surface area contributed by atoms with Crippen LogP contribution in [-0.2, 0) is 9.53 Å². The van der Waals surface area contributed by atoms with E-state index in [4.69, 9.17) is 16.3 Å². The summed E-state index contributed by atoms with van der Waals surface area (Å²) >= 11 is 11.3. The Morgan fingerprint density at radius 2 is 1.88 bits per heavy atom. The van der Waals surface area contributed by atoms with E-state index in [1.165, 1.54) is 11.8 Å². The van der Waals surface area contributed by atoms with Gasteiger partial charge in [-0.2, -0.15) is 0 Å². The van der Waals surface area contributed by atoms with Gasteiger partial charge in [-0.25, -0.2) is 9.79 Å². The van der Waals surface area contributed by atoms with Crippen LogP contribution in [0.3, 0.4) is 0 Å². The van der Waals surface area contributed by atoms with Crippen LogP contribution in [0.4, 0.5) is 0 Å². The zero-order valence-corrected chi connectivity index (χ0v) is 16.6. The summed E-state index contributed by atoms with van der Waals surface area (Å²) in [7, 11) is 0. The van der Waals surface area contributed by atoms with Gasteiger partial charge in [0.1, 0.15) is 5.17 Å². The normalized spacial score (nSPS) is 30.8. The number of nitrogens with zero attached hydrogens (tertiary/aromatic N) is 1. The summed E-state index contributed by atoms with van der Waals surface area (Å²) in [6.45, 7) is 1.83. The van der Waals surface area contributed by atoms with Crippen LogP contribution >= 0.6 is 39.3 Å². The summed E-state index contributed by atoms with van der Waals surface area (Å²) in [6.07, 6.45) is 0.614. The minimum atomic E-state index is -1.09. The average Bonchev–Trinajstić information content (AvgIpc) is 2.59. The number of benzene rings is 2. The second-order valence-corrected chi connectivity index (χ2v) is 9.01. The number of thioether (sulfide) groups is 1. The molecule has 0 saturated carbocycles. The largest absolute Gasteiger partial charge is 0.449 e. The Kier molecular flexibility index (Phi) is 4.21. The van der Waals surface area contributed by atoms with E-state index in [2.05, 4.69) is 20.9 Å². The Hall–Kier alpha value is -1.30. The molecule has 3 aliphatic rings. The standard InChI is InChI=1S/C19H15BrClNO2S/c1-18-11-15(12-7-9-13(20)10-8-12)19(17(23)24-18,22-16(18)21)25-14-5-3-2-4-6-14/h2-10,15H,11H2,1H3/t15-,18-,19+/m0/s1. The van der Waals surface area contributed by atoms with Crippen molar-refractivity contribution in [3.63, 3.8) is 0 Å². The summed E-state index contributed by atoms with van der Waals surface area (Å²) in [5.74, 6) is -0.438. The molecule has 3 nitrogen and oxygen atoms in total. The fraction of sp³-hybridized carbons (Fsp3) is 0.263. The maximum atomic E-state index is 13.0. The lowest BCUT2D eigenvalue weighted by Crippen LogP contribution is -2.60. The van der Waals surface area contributed by atoms with E-state index in [0.717, 1.165) is 14.9 Å². The van der Waals surface area contributed by atoms with Crippen LogP contribution in [-0.4, -0.2) is 21.6 Å². The van der Waals surface area contributed by atoms with Gasteiger partial charge in [0.2, 0.25) is 4.87 Å². The number of aliphatic imine (C=N–C) groups is 1. The fourth-order valence-corrected chi connectivity index (χ4v) is 5.19. The van der Waals surface area contributed by atoms with Crippen LogP contribution in [0.2, 0.25) is 0 Å². The van der Waals surface area contributed by atoms with E-state index in [1.807, 2.05) is 61.5 Å². The molecule has 2 aromatic carbocycles. The number of rotatable bonds is 3. The fourth-order valence-electron chi connectivity index (χ4n) is 3.35. The number of esters is 1. The number of ether oxygens (including phenoxy) is 1. The van der Waals surface area contributed by atoms with E-state index < -0.39 is 10.5 Å². The average molecular weight is 437 g/mol. The number of carbonyl (C=O) groups is 1. The molecule has 2 aromatic rings. The van der Waals surface area contributed by atoms with E-state index in [9.17, 15) is 4.79 Å². The van der Waals surface area contributed by atoms with Gasteiger partial charge in [-0.05, 0) is 36.8 Å². The van der Waals surface area contributed by atoms with Gasteiger partial charge in [0, 0.05) is 21.7 Å². The predicted molar refractivity (Wildman–Crippen MR) is 104 cm³/mol. The number of carbonyl (C=O) groups excluding carboxylic acids is 1. The molecule has 3 atom stereocenters. The lowest BCUT2D eigenvalue weighted by molar-refractivity contribution is -0.165. The van der Waals surface area contributed by atoms with Crippen LogP contribution in [0, 0.1) is 0 Å². The second-order valence-electron chi connectivity index (χ2n) is 6.44. The smallest absolute Gasteiger partial charge is 0.346 e. The van der Waals surface area contributed by atoms with E-state index in [1.54, 1.807) is 0 Å². The molecule has 0 aromatic heterocycles. The van der Waals surface area contributed by atoms with Gasteiger partial charge in [-0.3, -0.25) is 0 Å². The Bertz CT molecular complexity index is 857. The molecule has 25 heavy (non-hydrogen) atoms. The zero-order valence-electron chi connectivity index (χ0n) is 13.4. The molecule has 2 bridgehead atoms. The Morgan fingerprint density at radius 1 is 1.20 bits per heavy atom. The highest BCUT2D eigenvalue weighted by molar-refractivity contribution is 9.10. The highest BCUT2D eigenvalue weighted by atomic mass is 79.9. The van der Waals surface area contributed by atoms with Crippen molar-refractivity contribution in [2.24, 2.45) is 4.99 Å². The molecule has 3 aliphatic heterocycles. The van der Waals surface area contributed by atoms with Crippen molar-refractivity contribution < 1.29 is 9.53 Å². The van der Waals surface area contributed by atoms with Crippen LogP contribution in [0.1, 0.15) is 24.8 Å². The maximum absolute atomic E-state index is 13.0. The molecule has 5 rings (SSSR count). The third-order valence-corrected chi connectivity index (χ3v) is 7.04. The molecule has 1 fully saturated rings. The summed E-state index contributed by atoms with van der Waals surface area (Å²) in [6, 6.07) is 17.8. The SMILES string of the molecule is C[C@]12C[C@@H](c3ccc(Br)cc3)[C@](Sc3ccccc3)(N=C1Cl)C(=O)O2. The van der Waals surface area contributed by atoms with Crippen molar-refractivity contribution in [3.8, 4) is 0 Å². The maximum Gasteiger partial charge on any atom is 0.346 e. The lowest BCUT2D eigenvalue weighted by Gasteiger charge is -2.50.